The fraction of sp³-hybridized carbons (Fsp3) is 0.650. The number of anilines is 1. The highest BCUT2D eigenvalue weighted by atomic mass is 127. The van der Waals surface area contributed by atoms with Crippen LogP contribution in [0, 0.1) is 11.8 Å². The van der Waals surface area contributed by atoms with Gasteiger partial charge in [-0.25, -0.2) is 0 Å². The second kappa shape index (κ2) is 11.6. The Morgan fingerprint density at radius 2 is 1.85 bits per heavy atom. The van der Waals surface area contributed by atoms with Crippen LogP contribution in [-0.2, 0) is 0 Å². The maximum Gasteiger partial charge on any atom is 0.193 e. The second-order valence-electron chi connectivity index (χ2n) is 7.64. The summed E-state index contributed by atoms with van der Waals surface area (Å²) in [5.74, 6) is 2.95. The summed E-state index contributed by atoms with van der Waals surface area (Å²) in [4.78, 5) is 7.00. The van der Waals surface area contributed by atoms with Crippen LogP contribution in [0.4, 0.5) is 5.69 Å². The topological polar surface area (TPSA) is 62.9 Å². The number of nitrogens with two attached hydrogens (primary N) is 1. The lowest BCUT2D eigenvalue weighted by molar-refractivity contribution is 0.140. The molecular weight excluding hydrogens is 439 g/mol. The van der Waals surface area contributed by atoms with Crippen LogP contribution >= 0.6 is 24.0 Å². The largest absolute Gasteiger partial charge is 0.491 e. The molecule has 148 valence electrons. The molecule has 0 spiro atoms. The van der Waals surface area contributed by atoms with Gasteiger partial charge in [-0.05, 0) is 69.3 Å². The second-order valence-corrected chi connectivity index (χ2v) is 7.64. The molecular formula is C20H35IN4O. The molecule has 2 unspecified atom stereocenters. The van der Waals surface area contributed by atoms with E-state index >= 15 is 0 Å². The highest BCUT2D eigenvalue weighted by Gasteiger charge is 2.20. The standard InChI is InChI=1S/C20H34N4O.HI/c1-15(2)25-19-8-6-18(7-9-19)23-20(21)22-10-5-11-24-13-16(3)12-17(4)14-24;/h6-9,15-17H,5,10-14H2,1-4H3,(H3,21,22,23);1H. The van der Waals surface area contributed by atoms with Crippen molar-refractivity contribution in [3.63, 3.8) is 0 Å². The third kappa shape index (κ3) is 8.58. The third-order valence-electron chi connectivity index (χ3n) is 4.36. The third-order valence-corrected chi connectivity index (χ3v) is 4.36. The SMILES string of the molecule is CC1CC(C)CN(CCCN=C(N)Nc2ccc(OC(C)C)cc2)C1.I. The number of likely N-dealkylation sites (tertiary alicyclic amines) is 1. The van der Waals surface area contributed by atoms with E-state index in [4.69, 9.17) is 10.5 Å². The first-order valence-corrected chi connectivity index (χ1v) is 9.48. The van der Waals surface area contributed by atoms with E-state index in [1.165, 1.54) is 19.5 Å². The molecule has 2 atom stereocenters. The van der Waals surface area contributed by atoms with Crippen molar-refractivity contribution in [3.05, 3.63) is 24.3 Å². The van der Waals surface area contributed by atoms with E-state index in [0.29, 0.717) is 5.96 Å². The first kappa shape index (κ1) is 23.0. The average Bonchev–Trinajstić information content (AvgIpc) is 2.52. The number of hydrogen-bond donors (Lipinski definition) is 2. The van der Waals surface area contributed by atoms with Crippen LogP contribution in [0.5, 0.6) is 5.75 Å². The Morgan fingerprint density at radius 1 is 1.23 bits per heavy atom. The summed E-state index contributed by atoms with van der Waals surface area (Å²) in [5.41, 5.74) is 6.91. The van der Waals surface area contributed by atoms with Gasteiger partial charge in [-0.2, -0.15) is 0 Å². The minimum atomic E-state index is 0. The maximum absolute atomic E-state index is 5.98. The molecule has 1 saturated heterocycles. The summed E-state index contributed by atoms with van der Waals surface area (Å²) < 4.78 is 5.63. The number of guanidine groups is 1. The first-order chi connectivity index (χ1) is 11.9. The van der Waals surface area contributed by atoms with E-state index in [-0.39, 0.29) is 30.1 Å². The van der Waals surface area contributed by atoms with Gasteiger partial charge < -0.3 is 20.7 Å². The Kier molecular flexibility index (Phi) is 10.3. The van der Waals surface area contributed by atoms with Crippen LogP contribution in [0.15, 0.2) is 29.3 Å². The van der Waals surface area contributed by atoms with Crippen molar-refractivity contribution in [3.8, 4) is 5.75 Å². The number of benzene rings is 1. The fourth-order valence-corrected chi connectivity index (χ4v) is 3.54. The lowest BCUT2D eigenvalue weighted by Gasteiger charge is -2.34. The quantitative estimate of drug-likeness (QED) is 0.269. The zero-order valence-corrected chi connectivity index (χ0v) is 18.9. The van der Waals surface area contributed by atoms with E-state index in [2.05, 4.69) is 29.1 Å². The molecule has 26 heavy (non-hydrogen) atoms. The van der Waals surface area contributed by atoms with Crippen molar-refractivity contribution >= 4 is 35.6 Å². The van der Waals surface area contributed by atoms with E-state index in [9.17, 15) is 0 Å². The van der Waals surface area contributed by atoms with Crippen LogP contribution in [-0.4, -0.2) is 43.1 Å². The minimum absolute atomic E-state index is 0. The Bertz CT molecular complexity index is 537. The van der Waals surface area contributed by atoms with E-state index in [1.54, 1.807) is 0 Å². The van der Waals surface area contributed by atoms with Gasteiger partial charge in [0, 0.05) is 25.3 Å². The molecule has 0 aromatic heterocycles. The van der Waals surface area contributed by atoms with Crippen molar-refractivity contribution in [2.45, 2.75) is 46.6 Å². The van der Waals surface area contributed by atoms with Gasteiger partial charge in [0.15, 0.2) is 5.96 Å². The number of nitrogens with zero attached hydrogens (tertiary/aromatic N) is 2. The number of nitrogens with one attached hydrogen (secondary N) is 1. The van der Waals surface area contributed by atoms with E-state index in [1.807, 2.05) is 38.1 Å². The van der Waals surface area contributed by atoms with Crippen molar-refractivity contribution < 1.29 is 4.74 Å². The predicted octanol–water partition coefficient (Wildman–Crippen LogP) is 4.19. The van der Waals surface area contributed by atoms with Crippen molar-refractivity contribution in [1.29, 1.82) is 0 Å². The minimum Gasteiger partial charge on any atom is -0.491 e. The van der Waals surface area contributed by atoms with Crippen molar-refractivity contribution in [2.75, 3.05) is 31.5 Å². The average molecular weight is 474 g/mol. The molecule has 1 fully saturated rings. The molecule has 1 aliphatic heterocycles. The normalized spacial score (nSPS) is 21.3. The number of aliphatic imine (C=N–C) groups is 1. The molecule has 0 saturated carbocycles. The number of hydrogen-bond acceptors (Lipinski definition) is 3. The molecule has 0 amide bonds. The van der Waals surface area contributed by atoms with E-state index < -0.39 is 0 Å². The number of rotatable bonds is 7. The molecule has 0 aliphatic carbocycles. The summed E-state index contributed by atoms with van der Waals surface area (Å²) in [6, 6.07) is 7.79. The summed E-state index contributed by atoms with van der Waals surface area (Å²) in [6.07, 6.45) is 2.58. The lowest BCUT2D eigenvalue weighted by Crippen LogP contribution is -2.39. The van der Waals surface area contributed by atoms with Crippen LogP contribution in [0.3, 0.4) is 0 Å². The van der Waals surface area contributed by atoms with Gasteiger partial charge in [-0.15, -0.1) is 24.0 Å². The van der Waals surface area contributed by atoms with Crippen molar-refractivity contribution in [1.82, 2.24) is 4.90 Å². The van der Waals surface area contributed by atoms with Gasteiger partial charge in [0.1, 0.15) is 5.75 Å². The molecule has 1 aliphatic rings. The molecule has 6 heteroatoms. The van der Waals surface area contributed by atoms with Gasteiger partial charge in [0.05, 0.1) is 6.10 Å². The molecule has 1 heterocycles. The molecule has 0 radical (unpaired) electrons. The van der Waals surface area contributed by atoms with Gasteiger partial charge in [-0.3, -0.25) is 4.99 Å². The van der Waals surface area contributed by atoms with Gasteiger partial charge in [0.25, 0.3) is 0 Å². The molecule has 1 aromatic rings. The summed E-state index contributed by atoms with van der Waals surface area (Å²) in [6.45, 7) is 13.0. The maximum atomic E-state index is 5.98. The molecule has 3 N–H and O–H groups in total. The highest BCUT2D eigenvalue weighted by molar-refractivity contribution is 14.0. The van der Waals surface area contributed by atoms with Gasteiger partial charge in [0.2, 0.25) is 0 Å². The molecule has 0 bridgehead atoms. The number of halogens is 1. The fourth-order valence-electron chi connectivity index (χ4n) is 3.54. The summed E-state index contributed by atoms with van der Waals surface area (Å²) in [7, 11) is 0. The van der Waals surface area contributed by atoms with Crippen LogP contribution in [0.1, 0.15) is 40.5 Å². The van der Waals surface area contributed by atoms with Crippen LogP contribution in [0.2, 0.25) is 0 Å². The number of piperidine rings is 1. The molecule has 2 rings (SSSR count). The summed E-state index contributed by atoms with van der Waals surface area (Å²) >= 11 is 0. The zero-order chi connectivity index (χ0) is 18.2. The Morgan fingerprint density at radius 3 is 2.42 bits per heavy atom. The summed E-state index contributed by atoms with van der Waals surface area (Å²) in [5, 5.41) is 3.13. The smallest absolute Gasteiger partial charge is 0.193 e. The lowest BCUT2D eigenvalue weighted by atomic mass is 9.92. The Balaban J connectivity index is 0.00000338. The van der Waals surface area contributed by atoms with Gasteiger partial charge >= 0.3 is 0 Å². The number of ether oxygens (including phenoxy) is 1. The Hall–Kier alpha value is -1.02. The highest BCUT2D eigenvalue weighted by Crippen LogP contribution is 2.21. The van der Waals surface area contributed by atoms with Crippen molar-refractivity contribution in [2.24, 2.45) is 22.6 Å². The van der Waals surface area contributed by atoms with E-state index in [0.717, 1.165) is 42.8 Å². The molecule has 5 nitrogen and oxygen atoms in total. The first-order valence-electron chi connectivity index (χ1n) is 9.48. The zero-order valence-electron chi connectivity index (χ0n) is 16.6. The Labute approximate surface area is 175 Å². The van der Waals surface area contributed by atoms with Gasteiger partial charge in [-0.1, -0.05) is 13.8 Å². The molecule has 1 aromatic carbocycles. The van der Waals surface area contributed by atoms with Crippen LogP contribution in [0.25, 0.3) is 0 Å². The van der Waals surface area contributed by atoms with Crippen LogP contribution < -0.4 is 15.8 Å². The monoisotopic (exact) mass is 474 g/mol. The predicted molar refractivity (Wildman–Crippen MR) is 122 cm³/mol.